The SMILES string of the molecule is NC(=O)CCCC[C@@H]1CCSS1.O=C(O)CCCC[C@@H]1CCSS1. The Kier molecular flexibility index (Phi) is 13.5. The van der Waals surface area contributed by atoms with E-state index in [0.29, 0.717) is 12.8 Å². The second-order valence-electron chi connectivity index (χ2n) is 6.01. The minimum atomic E-state index is -0.663. The van der Waals surface area contributed by atoms with Crippen molar-refractivity contribution >= 4 is 55.1 Å². The summed E-state index contributed by atoms with van der Waals surface area (Å²) in [6.45, 7) is 0. The molecule has 2 aliphatic rings. The largest absolute Gasteiger partial charge is 0.481 e. The van der Waals surface area contributed by atoms with Crippen LogP contribution in [0.4, 0.5) is 0 Å². The zero-order valence-corrected chi connectivity index (χ0v) is 17.4. The van der Waals surface area contributed by atoms with Gasteiger partial charge in [-0.05, 0) is 38.5 Å². The molecule has 0 aromatic heterocycles. The molecule has 0 aromatic rings. The van der Waals surface area contributed by atoms with E-state index in [1.165, 1.54) is 37.2 Å². The second kappa shape index (κ2) is 14.5. The van der Waals surface area contributed by atoms with Crippen LogP contribution in [0.2, 0.25) is 0 Å². The molecule has 0 bridgehead atoms. The smallest absolute Gasteiger partial charge is 0.303 e. The highest BCUT2D eigenvalue weighted by atomic mass is 33.1. The number of rotatable bonds is 10. The summed E-state index contributed by atoms with van der Waals surface area (Å²) in [6.07, 6.45) is 10.0. The zero-order valence-electron chi connectivity index (χ0n) is 14.1. The van der Waals surface area contributed by atoms with Gasteiger partial charge in [0.15, 0.2) is 0 Å². The molecule has 2 fully saturated rings. The lowest BCUT2D eigenvalue weighted by Crippen LogP contribution is -2.10. The lowest BCUT2D eigenvalue weighted by Gasteiger charge is -2.05. The number of amides is 1. The molecule has 2 atom stereocenters. The molecule has 2 saturated heterocycles. The highest BCUT2D eigenvalue weighted by Crippen LogP contribution is 2.40. The number of unbranched alkanes of at least 4 members (excludes halogenated alkanes) is 2. The summed E-state index contributed by atoms with van der Waals surface area (Å²) in [5.74, 6) is 1.74. The van der Waals surface area contributed by atoms with E-state index in [9.17, 15) is 9.59 Å². The maximum atomic E-state index is 10.4. The number of carboxylic acid groups (broad SMARTS) is 1. The van der Waals surface area contributed by atoms with E-state index in [2.05, 4.69) is 0 Å². The number of hydrogen-bond donors (Lipinski definition) is 2. The van der Waals surface area contributed by atoms with Crippen LogP contribution in [0.3, 0.4) is 0 Å². The molecule has 0 aliphatic carbocycles. The monoisotopic (exact) mass is 411 g/mol. The Morgan fingerprint density at radius 2 is 1.38 bits per heavy atom. The fourth-order valence-corrected chi connectivity index (χ4v) is 8.50. The van der Waals surface area contributed by atoms with Crippen LogP contribution in [-0.4, -0.2) is 39.0 Å². The third kappa shape index (κ3) is 12.7. The second-order valence-corrected chi connectivity index (χ2v) is 11.6. The van der Waals surface area contributed by atoms with Crippen LogP contribution in [-0.2, 0) is 9.59 Å². The van der Waals surface area contributed by atoms with Gasteiger partial charge in [-0.15, -0.1) is 0 Å². The van der Waals surface area contributed by atoms with Crippen molar-refractivity contribution in [3.05, 3.63) is 0 Å². The molecule has 1 amide bonds. The minimum Gasteiger partial charge on any atom is -0.481 e. The highest BCUT2D eigenvalue weighted by molar-refractivity contribution is 8.77. The molecule has 3 N–H and O–H groups in total. The Bertz CT molecular complexity index is 325. The summed E-state index contributed by atoms with van der Waals surface area (Å²) in [4.78, 5) is 20.6. The average molecular weight is 412 g/mol. The highest BCUT2D eigenvalue weighted by Gasteiger charge is 2.16. The normalized spacial score (nSPS) is 22.8. The summed E-state index contributed by atoms with van der Waals surface area (Å²) < 4.78 is 0. The number of aliphatic carboxylic acids is 1. The number of primary amides is 1. The fourth-order valence-electron chi connectivity index (χ4n) is 2.45. The standard InChI is InChI=1S/C8H15NOS2.C8H14O2S2/c2*9-8(10)4-2-1-3-7-5-6-11-12-7/h7H,1-6H2,(H2,9,10);7H,1-6H2,(H,9,10)/t2*7-/m11/s1. The van der Waals surface area contributed by atoms with Crippen molar-refractivity contribution in [2.75, 3.05) is 11.5 Å². The molecule has 0 spiro atoms. The fraction of sp³-hybridized carbons (Fsp3) is 0.875. The van der Waals surface area contributed by atoms with E-state index >= 15 is 0 Å². The van der Waals surface area contributed by atoms with Gasteiger partial charge in [-0.3, -0.25) is 9.59 Å². The van der Waals surface area contributed by atoms with Crippen molar-refractivity contribution in [1.29, 1.82) is 0 Å². The first-order valence-corrected chi connectivity index (χ1v) is 13.4. The van der Waals surface area contributed by atoms with Gasteiger partial charge in [0.2, 0.25) is 5.91 Å². The Balaban J connectivity index is 0.000000240. The number of carbonyl (C=O) groups is 2. The molecule has 4 nitrogen and oxygen atoms in total. The topological polar surface area (TPSA) is 80.4 Å². The van der Waals surface area contributed by atoms with Gasteiger partial charge in [-0.2, -0.15) is 0 Å². The first kappa shape index (κ1) is 22.4. The Hall–Kier alpha value is 0.340. The first-order chi connectivity index (χ1) is 11.6. The quantitative estimate of drug-likeness (QED) is 0.388. The van der Waals surface area contributed by atoms with E-state index in [4.69, 9.17) is 10.8 Å². The number of carbonyl (C=O) groups excluding carboxylic acids is 1. The molecule has 0 radical (unpaired) electrons. The van der Waals surface area contributed by atoms with E-state index in [1.54, 1.807) is 0 Å². The number of nitrogens with two attached hydrogens (primary N) is 1. The average Bonchev–Trinajstić information content (AvgIpc) is 3.22. The molecule has 8 heteroatoms. The van der Waals surface area contributed by atoms with Crippen LogP contribution in [0.25, 0.3) is 0 Å². The van der Waals surface area contributed by atoms with E-state index < -0.39 is 5.97 Å². The number of carboxylic acids is 1. The van der Waals surface area contributed by atoms with Gasteiger partial charge in [-0.25, -0.2) is 0 Å². The third-order valence-electron chi connectivity index (χ3n) is 3.82. The summed E-state index contributed by atoms with van der Waals surface area (Å²) in [6, 6.07) is 0. The van der Waals surface area contributed by atoms with E-state index in [1.807, 2.05) is 43.2 Å². The molecule has 0 aromatic carbocycles. The van der Waals surface area contributed by atoms with Crippen LogP contribution in [0.5, 0.6) is 0 Å². The van der Waals surface area contributed by atoms with Crippen LogP contribution in [0, 0.1) is 0 Å². The van der Waals surface area contributed by atoms with Gasteiger partial charge >= 0.3 is 5.97 Å². The molecule has 140 valence electrons. The van der Waals surface area contributed by atoms with Gasteiger partial charge in [0.1, 0.15) is 0 Å². The Labute approximate surface area is 161 Å². The minimum absolute atomic E-state index is 0.163. The molecule has 2 heterocycles. The molecule has 0 saturated carbocycles. The lowest BCUT2D eigenvalue weighted by atomic mass is 10.1. The zero-order chi connectivity index (χ0) is 17.6. The maximum Gasteiger partial charge on any atom is 0.303 e. The van der Waals surface area contributed by atoms with Crippen molar-refractivity contribution < 1.29 is 14.7 Å². The summed E-state index contributed by atoms with van der Waals surface area (Å²) in [5.41, 5.74) is 5.04. The van der Waals surface area contributed by atoms with Gasteiger partial charge in [0, 0.05) is 34.8 Å². The van der Waals surface area contributed by atoms with Crippen LogP contribution >= 0.6 is 43.2 Å². The van der Waals surface area contributed by atoms with Crippen molar-refractivity contribution in [2.45, 2.75) is 74.7 Å². The Morgan fingerprint density at radius 3 is 1.75 bits per heavy atom. The molecular formula is C16H29NO3S4. The van der Waals surface area contributed by atoms with Crippen molar-refractivity contribution in [3.63, 3.8) is 0 Å². The molecule has 24 heavy (non-hydrogen) atoms. The van der Waals surface area contributed by atoms with E-state index in [-0.39, 0.29) is 5.91 Å². The Morgan fingerprint density at radius 1 is 0.875 bits per heavy atom. The maximum absolute atomic E-state index is 10.4. The molecule has 2 aliphatic heterocycles. The summed E-state index contributed by atoms with van der Waals surface area (Å²) in [7, 11) is 7.89. The van der Waals surface area contributed by atoms with Crippen LogP contribution in [0.15, 0.2) is 0 Å². The van der Waals surface area contributed by atoms with Crippen LogP contribution in [0.1, 0.15) is 64.2 Å². The van der Waals surface area contributed by atoms with Crippen molar-refractivity contribution in [3.8, 4) is 0 Å². The summed E-state index contributed by atoms with van der Waals surface area (Å²) >= 11 is 0. The van der Waals surface area contributed by atoms with Gasteiger partial charge in [0.05, 0.1) is 0 Å². The first-order valence-electron chi connectivity index (χ1n) is 8.64. The van der Waals surface area contributed by atoms with Crippen molar-refractivity contribution in [1.82, 2.24) is 0 Å². The van der Waals surface area contributed by atoms with E-state index in [0.717, 1.165) is 36.2 Å². The molecule has 2 rings (SSSR count). The predicted octanol–water partition coefficient (Wildman–Crippen LogP) is 4.97. The molecular weight excluding hydrogens is 382 g/mol. The predicted molar refractivity (Wildman–Crippen MR) is 111 cm³/mol. The van der Waals surface area contributed by atoms with Gasteiger partial charge in [0.25, 0.3) is 0 Å². The van der Waals surface area contributed by atoms with Gasteiger partial charge in [-0.1, -0.05) is 56.0 Å². The number of hydrogen-bond acceptors (Lipinski definition) is 6. The van der Waals surface area contributed by atoms with Crippen molar-refractivity contribution in [2.24, 2.45) is 5.73 Å². The van der Waals surface area contributed by atoms with Gasteiger partial charge < -0.3 is 10.8 Å². The lowest BCUT2D eigenvalue weighted by molar-refractivity contribution is -0.137. The molecule has 0 unspecified atom stereocenters. The summed E-state index contributed by atoms with van der Waals surface area (Å²) in [5, 5.41) is 10.0. The van der Waals surface area contributed by atoms with Crippen LogP contribution < -0.4 is 5.73 Å². The third-order valence-corrected chi connectivity index (χ3v) is 9.83.